The number of benzene rings is 2. The lowest BCUT2D eigenvalue weighted by Crippen LogP contribution is -2.59. The summed E-state index contributed by atoms with van der Waals surface area (Å²) in [6, 6.07) is 14.4. The molecule has 0 bridgehead atoms. The van der Waals surface area contributed by atoms with Crippen molar-refractivity contribution < 1.29 is 23.1 Å². The lowest BCUT2D eigenvalue weighted by molar-refractivity contribution is -0.148. The second-order valence-electron chi connectivity index (χ2n) is 6.47. The van der Waals surface area contributed by atoms with E-state index in [9.17, 15) is 23.1 Å². The SMILES string of the molecule is O=C(NC1(C(=O)O)CCC1)c1cccc(CS(=O)(=O)c2ccccc2)c1. The molecule has 1 fully saturated rings. The highest BCUT2D eigenvalue weighted by Gasteiger charge is 2.45. The normalized spacial score (nSPS) is 15.7. The van der Waals surface area contributed by atoms with E-state index < -0.39 is 27.3 Å². The van der Waals surface area contributed by atoms with Crippen LogP contribution < -0.4 is 5.32 Å². The third-order valence-corrected chi connectivity index (χ3v) is 6.32. The molecule has 0 saturated heterocycles. The number of aliphatic carboxylic acids is 1. The molecule has 1 aliphatic rings. The molecule has 1 saturated carbocycles. The van der Waals surface area contributed by atoms with Gasteiger partial charge in [-0.1, -0.05) is 30.3 Å². The summed E-state index contributed by atoms with van der Waals surface area (Å²) in [4.78, 5) is 24.0. The molecule has 2 aromatic carbocycles. The van der Waals surface area contributed by atoms with Gasteiger partial charge in [-0.2, -0.15) is 0 Å². The van der Waals surface area contributed by atoms with Crippen LogP contribution in [0.4, 0.5) is 0 Å². The van der Waals surface area contributed by atoms with Gasteiger partial charge in [0.15, 0.2) is 9.84 Å². The number of carbonyl (C=O) groups excluding carboxylic acids is 1. The molecule has 2 N–H and O–H groups in total. The Balaban J connectivity index is 1.78. The van der Waals surface area contributed by atoms with Gasteiger partial charge in [-0.05, 0) is 49.1 Å². The number of rotatable bonds is 6. The van der Waals surface area contributed by atoms with E-state index in [1.165, 1.54) is 18.2 Å². The van der Waals surface area contributed by atoms with Crippen molar-refractivity contribution in [1.82, 2.24) is 5.32 Å². The Hall–Kier alpha value is -2.67. The number of carbonyl (C=O) groups is 2. The predicted octanol–water partition coefficient (Wildman–Crippen LogP) is 2.40. The van der Waals surface area contributed by atoms with Crippen LogP contribution in [0.5, 0.6) is 0 Å². The molecule has 1 aliphatic carbocycles. The quantitative estimate of drug-likeness (QED) is 0.810. The van der Waals surface area contributed by atoms with Gasteiger partial charge in [0.25, 0.3) is 5.91 Å². The second-order valence-corrected chi connectivity index (χ2v) is 8.46. The van der Waals surface area contributed by atoms with Crippen LogP contribution >= 0.6 is 0 Å². The van der Waals surface area contributed by atoms with Gasteiger partial charge >= 0.3 is 5.97 Å². The summed E-state index contributed by atoms with van der Waals surface area (Å²) in [5, 5.41) is 11.9. The maximum atomic E-state index is 12.5. The van der Waals surface area contributed by atoms with E-state index in [2.05, 4.69) is 5.32 Å². The lowest BCUT2D eigenvalue weighted by atomic mass is 9.76. The fourth-order valence-electron chi connectivity index (χ4n) is 2.95. The number of nitrogens with one attached hydrogen (secondary N) is 1. The van der Waals surface area contributed by atoms with Crippen LogP contribution in [0.15, 0.2) is 59.5 Å². The van der Waals surface area contributed by atoms with Crippen molar-refractivity contribution in [3.8, 4) is 0 Å². The molecular weight excluding hydrogens is 354 g/mol. The molecule has 136 valence electrons. The number of carboxylic acid groups (broad SMARTS) is 1. The van der Waals surface area contributed by atoms with Crippen molar-refractivity contribution in [2.45, 2.75) is 35.4 Å². The van der Waals surface area contributed by atoms with E-state index in [1.54, 1.807) is 36.4 Å². The molecule has 0 heterocycles. The molecule has 0 atom stereocenters. The average molecular weight is 373 g/mol. The zero-order chi connectivity index (χ0) is 18.8. The molecule has 26 heavy (non-hydrogen) atoms. The number of carboxylic acids is 1. The molecule has 0 unspecified atom stereocenters. The standard InChI is InChI=1S/C19H19NO5S/c21-17(20-19(18(22)23)10-5-11-19)15-7-4-6-14(12-15)13-26(24,25)16-8-2-1-3-9-16/h1-4,6-9,12H,5,10-11,13H2,(H,20,21)(H,22,23). The molecule has 0 radical (unpaired) electrons. The van der Waals surface area contributed by atoms with Crippen LogP contribution in [0.1, 0.15) is 35.2 Å². The van der Waals surface area contributed by atoms with Crippen LogP contribution in [0.2, 0.25) is 0 Å². The van der Waals surface area contributed by atoms with Crippen molar-refractivity contribution >= 4 is 21.7 Å². The molecule has 6 nitrogen and oxygen atoms in total. The van der Waals surface area contributed by atoms with Gasteiger partial charge in [-0.25, -0.2) is 13.2 Å². The molecular formula is C19H19NO5S. The Labute approximate surface area is 151 Å². The molecule has 3 rings (SSSR count). The Morgan fingerprint density at radius 1 is 1.04 bits per heavy atom. The van der Waals surface area contributed by atoms with Crippen LogP contribution in [-0.4, -0.2) is 30.9 Å². The van der Waals surface area contributed by atoms with E-state index >= 15 is 0 Å². The number of hydrogen-bond donors (Lipinski definition) is 2. The van der Waals surface area contributed by atoms with Gasteiger partial charge in [0.2, 0.25) is 0 Å². The third-order valence-electron chi connectivity index (χ3n) is 4.62. The van der Waals surface area contributed by atoms with Crippen LogP contribution in [0.25, 0.3) is 0 Å². The van der Waals surface area contributed by atoms with E-state index in [0.29, 0.717) is 18.4 Å². The summed E-state index contributed by atoms with van der Waals surface area (Å²) < 4.78 is 25.0. The number of amides is 1. The molecule has 0 aliphatic heterocycles. The number of sulfone groups is 1. The van der Waals surface area contributed by atoms with Crippen molar-refractivity contribution in [2.24, 2.45) is 0 Å². The number of hydrogen-bond acceptors (Lipinski definition) is 4. The summed E-state index contributed by atoms with van der Waals surface area (Å²) in [7, 11) is -3.52. The summed E-state index contributed by atoms with van der Waals surface area (Å²) in [6.07, 6.45) is 1.55. The highest BCUT2D eigenvalue weighted by molar-refractivity contribution is 7.90. The van der Waals surface area contributed by atoms with Gasteiger partial charge in [0.05, 0.1) is 10.6 Å². The zero-order valence-corrected chi connectivity index (χ0v) is 14.8. The van der Waals surface area contributed by atoms with Crippen molar-refractivity contribution in [3.05, 3.63) is 65.7 Å². The van der Waals surface area contributed by atoms with Gasteiger partial charge in [0, 0.05) is 5.56 Å². The molecule has 7 heteroatoms. The fraction of sp³-hybridized carbons (Fsp3) is 0.263. The maximum Gasteiger partial charge on any atom is 0.329 e. The molecule has 0 spiro atoms. The maximum absolute atomic E-state index is 12.5. The van der Waals surface area contributed by atoms with Crippen molar-refractivity contribution in [1.29, 1.82) is 0 Å². The highest BCUT2D eigenvalue weighted by Crippen LogP contribution is 2.32. The summed E-state index contributed by atoms with van der Waals surface area (Å²) in [5.41, 5.74) is -0.485. The highest BCUT2D eigenvalue weighted by atomic mass is 32.2. The summed E-state index contributed by atoms with van der Waals surface area (Å²) >= 11 is 0. The van der Waals surface area contributed by atoms with E-state index in [-0.39, 0.29) is 16.2 Å². The van der Waals surface area contributed by atoms with Gasteiger partial charge in [-0.3, -0.25) is 4.79 Å². The molecule has 2 aromatic rings. The average Bonchev–Trinajstić information content (AvgIpc) is 2.58. The Morgan fingerprint density at radius 2 is 1.73 bits per heavy atom. The predicted molar refractivity (Wildman–Crippen MR) is 95.5 cm³/mol. The minimum atomic E-state index is -3.52. The first-order chi connectivity index (χ1) is 12.3. The molecule has 0 aromatic heterocycles. The monoisotopic (exact) mass is 373 g/mol. The van der Waals surface area contributed by atoms with Gasteiger partial charge in [-0.15, -0.1) is 0 Å². The van der Waals surface area contributed by atoms with E-state index in [0.717, 1.165) is 6.42 Å². The minimum absolute atomic E-state index is 0.217. The van der Waals surface area contributed by atoms with E-state index in [1.807, 2.05) is 0 Å². The smallest absolute Gasteiger partial charge is 0.329 e. The molecule has 1 amide bonds. The van der Waals surface area contributed by atoms with Gasteiger partial charge < -0.3 is 10.4 Å². The first-order valence-electron chi connectivity index (χ1n) is 8.25. The first-order valence-corrected chi connectivity index (χ1v) is 9.90. The lowest BCUT2D eigenvalue weighted by Gasteiger charge is -2.38. The first kappa shape index (κ1) is 18.1. The second kappa shape index (κ2) is 6.92. The Bertz CT molecular complexity index is 933. The fourth-order valence-corrected chi connectivity index (χ4v) is 4.30. The van der Waals surface area contributed by atoms with Crippen LogP contribution in [-0.2, 0) is 20.4 Å². The van der Waals surface area contributed by atoms with E-state index in [4.69, 9.17) is 0 Å². The zero-order valence-electron chi connectivity index (χ0n) is 14.0. The Kier molecular flexibility index (Phi) is 4.82. The summed E-state index contributed by atoms with van der Waals surface area (Å²) in [5.74, 6) is -1.78. The van der Waals surface area contributed by atoms with Crippen LogP contribution in [0.3, 0.4) is 0 Å². The third kappa shape index (κ3) is 3.62. The summed E-state index contributed by atoms with van der Waals surface area (Å²) in [6.45, 7) is 0. The van der Waals surface area contributed by atoms with Gasteiger partial charge in [0.1, 0.15) is 5.54 Å². The van der Waals surface area contributed by atoms with Crippen molar-refractivity contribution in [3.63, 3.8) is 0 Å². The topological polar surface area (TPSA) is 101 Å². The Morgan fingerprint density at radius 3 is 2.31 bits per heavy atom. The minimum Gasteiger partial charge on any atom is -0.480 e. The van der Waals surface area contributed by atoms with Crippen molar-refractivity contribution in [2.75, 3.05) is 0 Å². The largest absolute Gasteiger partial charge is 0.480 e. The van der Waals surface area contributed by atoms with Crippen LogP contribution in [0, 0.1) is 0 Å².